The van der Waals surface area contributed by atoms with Crippen LogP contribution in [-0.4, -0.2) is 30.0 Å². The molecule has 24 heavy (non-hydrogen) atoms. The minimum absolute atomic E-state index is 0.162. The van der Waals surface area contributed by atoms with E-state index >= 15 is 0 Å². The van der Waals surface area contributed by atoms with Crippen molar-refractivity contribution in [2.75, 3.05) is 6.61 Å². The van der Waals surface area contributed by atoms with Crippen molar-refractivity contribution in [2.24, 2.45) is 0 Å². The quantitative estimate of drug-likeness (QED) is 0.550. The minimum atomic E-state index is -1.07. The summed E-state index contributed by atoms with van der Waals surface area (Å²) in [4.78, 5) is 16.0. The molecule has 6 heteroatoms. The number of hydrogen-bond donors (Lipinski definition) is 0. The highest BCUT2D eigenvalue weighted by Gasteiger charge is 2.19. The third-order valence-corrected chi connectivity index (χ3v) is 6.38. The van der Waals surface area contributed by atoms with Gasteiger partial charge in [-0.25, -0.2) is 4.98 Å². The molecule has 0 aliphatic heterocycles. The maximum Gasteiger partial charge on any atom is 0.156 e. The Morgan fingerprint density at radius 2 is 2.12 bits per heavy atom. The summed E-state index contributed by atoms with van der Waals surface area (Å²) < 4.78 is 7.78. The van der Waals surface area contributed by atoms with Gasteiger partial charge < -0.3 is 9.30 Å². The van der Waals surface area contributed by atoms with Crippen molar-refractivity contribution in [3.8, 4) is 0 Å². The largest absolute Gasteiger partial charge is 0.361 e. The highest BCUT2D eigenvalue weighted by Crippen LogP contribution is 2.35. The predicted octanol–water partition coefficient (Wildman–Crippen LogP) is 4.75. The van der Waals surface area contributed by atoms with Gasteiger partial charge in [-0.3, -0.25) is 4.79 Å². The van der Waals surface area contributed by atoms with E-state index < -0.39 is 8.07 Å². The molecule has 0 unspecified atom stereocenters. The number of carbonyl (C=O) groups is 1. The number of halogens is 1. The van der Waals surface area contributed by atoms with Gasteiger partial charge in [-0.2, -0.15) is 0 Å². The maximum absolute atomic E-state index is 11.5. The van der Waals surface area contributed by atoms with Crippen LogP contribution < -0.4 is 0 Å². The number of allylic oxidation sites excluding steroid dienone is 2. The van der Waals surface area contributed by atoms with Crippen LogP contribution in [0, 0.1) is 0 Å². The molecule has 0 aromatic carbocycles. The van der Waals surface area contributed by atoms with Crippen LogP contribution in [0.15, 0.2) is 24.5 Å². The van der Waals surface area contributed by atoms with Crippen LogP contribution in [0.5, 0.6) is 0 Å². The average Bonchev–Trinajstić information content (AvgIpc) is 3.10. The molecule has 1 aliphatic carbocycles. The summed E-state index contributed by atoms with van der Waals surface area (Å²) in [7, 11) is -1.07. The maximum atomic E-state index is 11.5. The summed E-state index contributed by atoms with van der Waals surface area (Å²) in [5.74, 6) is 0.162. The van der Waals surface area contributed by atoms with E-state index in [4.69, 9.17) is 16.3 Å². The van der Waals surface area contributed by atoms with Gasteiger partial charge in [0.1, 0.15) is 12.4 Å². The fourth-order valence-electron chi connectivity index (χ4n) is 2.79. The van der Waals surface area contributed by atoms with Crippen molar-refractivity contribution < 1.29 is 9.53 Å². The van der Waals surface area contributed by atoms with Crippen LogP contribution in [0.3, 0.4) is 0 Å². The van der Waals surface area contributed by atoms with Gasteiger partial charge in [0.2, 0.25) is 0 Å². The SMILES string of the molecule is C[Si](C)(C)CCOCn1ccc2c(Cl)c(C3=CC(=O)CC3)cnc21. The molecule has 128 valence electrons. The lowest BCUT2D eigenvalue weighted by molar-refractivity contribution is -0.114. The standard InChI is InChI=1S/C18H23ClN2O2Si/c1-24(2,3)9-8-23-12-21-7-6-15-17(19)16(11-20-18(15)21)13-4-5-14(22)10-13/h6-7,10-11H,4-5,8-9,12H2,1-3H3. The van der Waals surface area contributed by atoms with Crippen LogP contribution in [0.25, 0.3) is 16.6 Å². The second-order valence-corrected chi connectivity index (χ2v) is 13.5. The van der Waals surface area contributed by atoms with Crippen LogP contribution >= 0.6 is 11.6 Å². The molecule has 0 bridgehead atoms. The first-order valence-electron chi connectivity index (χ1n) is 8.30. The zero-order valence-corrected chi connectivity index (χ0v) is 16.2. The van der Waals surface area contributed by atoms with Crippen molar-refractivity contribution in [3.63, 3.8) is 0 Å². The molecular formula is C18H23ClN2O2Si. The first kappa shape index (κ1) is 17.4. The molecule has 0 spiro atoms. The van der Waals surface area contributed by atoms with Gasteiger partial charge in [0.15, 0.2) is 5.78 Å². The second kappa shape index (κ2) is 6.82. The lowest BCUT2D eigenvalue weighted by Crippen LogP contribution is -2.22. The molecule has 3 rings (SSSR count). The van der Waals surface area contributed by atoms with E-state index in [0.717, 1.165) is 41.2 Å². The first-order chi connectivity index (χ1) is 11.3. The molecular weight excluding hydrogens is 340 g/mol. The zero-order valence-electron chi connectivity index (χ0n) is 14.4. The number of nitrogens with zero attached hydrogens (tertiary/aromatic N) is 2. The van der Waals surface area contributed by atoms with E-state index in [0.29, 0.717) is 18.2 Å². The van der Waals surface area contributed by atoms with E-state index in [-0.39, 0.29) is 5.78 Å². The van der Waals surface area contributed by atoms with Crippen molar-refractivity contribution in [1.82, 2.24) is 9.55 Å². The fraction of sp³-hybridized carbons (Fsp3) is 0.444. The van der Waals surface area contributed by atoms with E-state index in [2.05, 4.69) is 24.6 Å². The summed E-state index contributed by atoms with van der Waals surface area (Å²) in [6, 6.07) is 3.11. The third kappa shape index (κ3) is 3.79. The molecule has 0 saturated carbocycles. The molecule has 0 N–H and O–H groups in total. The number of hydrogen-bond acceptors (Lipinski definition) is 3. The summed E-state index contributed by atoms with van der Waals surface area (Å²) in [5.41, 5.74) is 2.67. The van der Waals surface area contributed by atoms with E-state index in [1.54, 1.807) is 12.3 Å². The smallest absolute Gasteiger partial charge is 0.156 e. The lowest BCUT2D eigenvalue weighted by atomic mass is 10.1. The summed E-state index contributed by atoms with van der Waals surface area (Å²) in [6.45, 7) is 8.28. The van der Waals surface area contributed by atoms with E-state index in [1.165, 1.54) is 0 Å². The average molecular weight is 363 g/mol. The number of ether oxygens (including phenoxy) is 1. The molecule has 2 aromatic heterocycles. The Bertz CT molecular complexity index is 805. The number of carbonyl (C=O) groups excluding carboxylic acids is 1. The number of aromatic nitrogens is 2. The van der Waals surface area contributed by atoms with Gasteiger partial charge in [0.05, 0.1) is 5.02 Å². The Labute approximate surface area is 148 Å². The topological polar surface area (TPSA) is 44.1 Å². The first-order valence-corrected chi connectivity index (χ1v) is 12.4. The monoisotopic (exact) mass is 362 g/mol. The molecule has 0 radical (unpaired) electrons. The fourth-order valence-corrected chi connectivity index (χ4v) is 3.86. The normalized spacial score (nSPS) is 15.3. The number of ketones is 1. The second-order valence-electron chi connectivity index (χ2n) is 7.49. The minimum Gasteiger partial charge on any atom is -0.361 e. The van der Waals surface area contributed by atoms with Crippen LogP contribution in [-0.2, 0) is 16.3 Å². The highest BCUT2D eigenvalue weighted by atomic mass is 35.5. The van der Waals surface area contributed by atoms with Crippen LogP contribution in [0.1, 0.15) is 18.4 Å². The molecule has 0 saturated heterocycles. The molecule has 1 aliphatic rings. The van der Waals surface area contributed by atoms with Crippen molar-refractivity contribution >= 4 is 42.1 Å². The van der Waals surface area contributed by atoms with Crippen molar-refractivity contribution in [2.45, 2.75) is 45.3 Å². The lowest BCUT2D eigenvalue weighted by Gasteiger charge is -2.15. The molecule has 2 aromatic rings. The van der Waals surface area contributed by atoms with Gasteiger partial charge in [0.25, 0.3) is 0 Å². The van der Waals surface area contributed by atoms with Crippen molar-refractivity contribution in [1.29, 1.82) is 0 Å². The zero-order chi connectivity index (χ0) is 17.3. The number of pyridine rings is 1. The van der Waals surface area contributed by atoms with Gasteiger partial charge in [-0.05, 0) is 30.2 Å². The third-order valence-electron chi connectivity index (χ3n) is 4.27. The Morgan fingerprint density at radius 3 is 2.79 bits per heavy atom. The van der Waals surface area contributed by atoms with E-state index in [1.807, 2.05) is 16.8 Å². The summed E-state index contributed by atoms with van der Waals surface area (Å²) >= 11 is 6.56. The number of rotatable bonds is 6. The van der Waals surface area contributed by atoms with E-state index in [9.17, 15) is 4.79 Å². The molecule has 4 nitrogen and oxygen atoms in total. The Balaban J connectivity index is 1.77. The molecule has 0 fully saturated rings. The summed E-state index contributed by atoms with van der Waals surface area (Å²) in [5, 5.41) is 1.57. The van der Waals surface area contributed by atoms with Gasteiger partial charge in [-0.15, -0.1) is 0 Å². The predicted molar refractivity (Wildman–Crippen MR) is 101 cm³/mol. The van der Waals surface area contributed by atoms with Crippen LogP contribution in [0.4, 0.5) is 0 Å². The van der Waals surface area contributed by atoms with Gasteiger partial charge >= 0.3 is 0 Å². The number of fused-ring (bicyclic) bond motifs is 1. The summed E-state index contributed by atoms with van der Waals surface area (Å²) in [6.07, 6.45) is 6.72. The molecule has 0 atom stereocenters. The Kier molecular flexibility index (Phi) is 4.94. The van der Waals surface area contributed by atoms with Gasteiger partial charge in [0, 0.05) is 44.4 Å². The van der Waals surface area contributed by atoms with Crippen LogP contribution in [0.2, 0.25) is 30.7 Å². The van der Waals surface area contributed by atoms with Gasteiger partial charge in [-0.1, -0.05) is 31.2 Å². The molecule has 0 amide bonds. The molecule has 2 heterocycles. The van der Waals surface area contributed by atoms with Crippen molar-refractivity contribution in [3.05, 3.63) is 35.1 Å². The Morgan fingerprint density at radius 1 is 1.33 bits per heavy atom. The Hall–Kier alpha value is -1.43. The highest BCUT2D eigenvalue weighted by molar-refractivity contribution is 6.76.